The molecule has 2 heterocycles. The van der Waals surface area contributed by atoms with Gasteiger partial charge in [0.1, 0.15) is 11.6 Å². The molecular formula is C23H20ClN3O3. The van der Waals surface area contributed by atoms with Gasteiger partial charge >= 0.3 is 5.97 Å². The molecule has 0 saturated heterocycles. The lowest BCUT2D eigenvalue weighted by molar-refractivity contribution is -0.136. The summed E-state index contributed by atoms with van der Waals surface area (Å²) in [5, 5.41) is 19.9. The Balaban J connectivity index is 1.90. The molecule has 2 aromatic heterocycles. The maximum Gasteiger partial charge on any atom is 0.303 e. The van der Waals surface area contributed by atoms with E-state index in [0.29, 0.717) is 29.9 Å². The van der Waals surface area contributed by atoms with Crippen LogP contribution in [-0.2, 0) is 17.6 Å². The Hall–Kier alpha value is -3.51. The fourth-order valence-electron chi connectivity index (χ4n) is 3.58. The summed E-state index contributed by atoms with van der Waals surface area (Å²) in [5.74, 6) is -0.555. The molecule has 7 heteroatoms. The van der Waals surface area contributed by atoms with Crippen molar-refractivity contribution in [3.05, 3.63) is 76.3 Å². The second-order valence-electron chi connectivity index (χ2n) is 7.14. The molecule has 0 aliphatic heterocycles. The number of carbonyl (C=O) groups is 1. The van der Waals surface area contributed by atoms with Crippen molar-refractivity contribution in [1.82, 2.24) is 9.97 Å². The number of pyridine rings is 1. The lowest BCUT2D eigenvalue weighted by Crippen LogP contribution is -1.98. The van der Waals surface area contributed by atoms with Gasteiger partial charge in [0.15, 0.2) is 0 Å². The minimum atomic E-state index is -0.893. The maximum atomic E-state index is 11.0. The number of hydrogen-bond donors (Lipinski definition) is 4. The fourth-order valence-corrected chi connectivity index (χ4v) is 3.82. The van der Waals surface area contributed by atoms with Crippen LogP contribution in [0.4, 0.5) is 5.82 Å². The van der Waals surface area contributed by atoms with Crippen LogP contribution in [0.5, 0.6) is 5.75 Å². The van der Waals surface area contributed by atoms with Gasteiger partial charge in [0, 0.05) is 24.0 Å². The number of phenols is 1. The molecule has 0 aliphatic rings. The number of nitrogens with two attached hydrogens (primary N) is 1. The topological polar surface area (TPSA) is 112 Å². The van der Waals surface area contributed by atoms with Gasteiger partial charge in [0.05, 0.1) is 21.7 Å². The predicted octanol–water partition coefficient (Wildman–Crippen LogP) is 4.78. The second kappa shape index (κ2) is 8.08. The third kappa shape index (κ3) is 3.95. The molecule has 30 heavy (non-hydrogen) atoms. The number of anilines is 1. The molecule has 0 atom stereocenters. The van der Waals surface area contributed by atoms with Crippen LogP contribution in [0.1, 0.15) is 23.1 Å². The largest absolute Gasteiger partial charge is 0.506 e. The molecule has 0 bridgehead atoms. The second-order valence-corrected chi connectivity index (χ2v) is 7.55. The summed E-state index contributed by atoms with van der Waals surface area (Å²) in [6.45, 7) is 0. The number of nitrogens with zero attached hydrogens (tertiary/aromatic N) is 1. The minimum absolute atomic E-state index is 0.0256. The molecular weight excluding hydrogens is 402 g/mol. The number of aromatic hydroxyl groups is 1. The average Bonchev–Trinajstić information content (AvgIpc) is 3.07. The molecule has 2 aromatic carbocycles. The van der Waals surface area contributed by atoms with E-state index in [1.165, 1.54) is 0 Å². The van der Waals surface area contributed by atoms with Gasteiger partial charge in [-0.2, -0.15) is 0 Å². The molecule has 0 amide bonds. The number of aromatic nitrogens is 2. The van der Waals surface area contributed by atoms with E-state index in [1.54, 1.807) is 18.2 Å². The Labute approximate surface area is 178 Å². The summed E-state index contributed by atoms with van der Waals surface area (Å²) >= 11 is 6.27. The third-order valence-corrected chi connectivity index (χ3v) is 5.30. The van der Waals surface area contributed by atoms with Crippen LogP contribution in [-0.4, -0.2) is 26.2 Å². The third-order valence-electron chi connectivity index (χ3n) is 5.01. The number of H-pyrrole nitrogens is 1. The lowest BCUT2D eigenvalue weighted by atomic mass is 9.97. The average molecular weight is 422 g/mol. The molecule has 152 valence electrons. The lowest BCUT2D eigenvalue weighted by Gasteiger charge is -2.11. The normalized spacial score (nSPS) is 11.1. The first-order valence-corrected chi connectivity index (χ1v) is 9.84. The molecule has 4 aromatic rings. The van der Waals surface area contributed by atoms with Crippen molar-refractivity contribution in [3.8, 4) is 17.0 Å². The summed E-state index contributed by atoms with van der Waals surface area (Å²) in [6.07, 6.45) is 0.854. The molecule has 0 radical (unpaired) electrons. The van der Waals surface area contributed by atoms with Crippen molar-refractivity contribution < 1.29 is 15.0 Å². The smallest absolute Gasteiger partial charge is 0.303 e. The van der Waals surface area contributed by atoms with Crippen LogP contribution < -0.4 is 5.73 Å². The number of nitrogens with one attached hydrogen (secondary N) is 1. The van der Waals surface area contributed by atoms with E-state index < -0.39 is 5.97 Å². The summed E-state index contributed by atoms with van der Waals surface area (Å²) in [7, 11) is 0. The van der Waals surface area contributed by atoms with Crippen molar-refractivity contribution in [3.63, 3.8) is 0 Å². The van der Waals surface area contributed by atoms with Crippen LogP contribution in [0.15, 0.2) is 54.6 Å². The number of hydrogen-bond acceptors (Lipinski definition) is 4. The maximum absolute atomic E-state index is 11.0. The SMILES string of the molecule is Nc1ccc2[nH]c(-c3cc(CCC(=O)O)cc(Cl)c3O)c(Cc3ccccc3)c2n1. The molecule has 4 rings (SSSR count). The Kier molecular flexibility index (Phi) is 5.33. The summed E-state index contributed by atoms with van der Waals surface area (Å²) in [5.41, 5.74) is 11.3. The molecule has 0 saturated carbocycles. The van der Waals surface area contributed by atoms with Crippen LogP contribution in [0.2, 0.25) is 5.02 Å². The zero-order valence-electron chi connectivity index (χ0n) is 16.0. The van der Waals surface area contributed by atoms with Crippen LogP contribution in [0.25, 0.3) is 22.3 Å². The van der Waals surface area contributed by atoms with E-state index in [1.807, 2.05) is 36.4 Å². The Morgan fingerprint density at radius 1 is 1.10 bits per heavy atom. The minimum Gasteiger partial charge on any atom is -0.506 e. The van der Waals surface area contributed by atoms with E-state index in [-0.39, 0.29) is 17.2 Å². The van der Waals surface area contributed by atoms with E-state index >= 15 is 0 Å². The van der Waals surface area contributed by atoms with Gasteiger partial charge < -0.3 is 20.9 Å². The highest BCUT2D eigenvalue weighted by molar-refractivity contribution is 6.32. The van der Waals surface area contributed by atoms with Crippen LogP contribution in [0, 0.1) is 0 Å². The number of carboxylic acids is 1. The van der Waals surface area contributed by atoms with Gasteiger partial charge in [-0.25, -0.2) is 4.98 Å². The molecule has 0 aliphatic carbocycles. The Morgan fingerprint density at radius 2 is 1.87 bits per heavy atom. The number of benzene rings is 2. The number of aryl methyl sites for hydroxylation is 1. The molecule has 6 nitrogen and oxygen atoms in total. The quantitative estimate of drug-likeness (QED) is 0.358. The number of fused-ring (bicyclic) bond motifs is 1. The van der Waals surface area contributed by atoms with Crippen molar-refractivity contribution in [2.24, 2.45) is 0 Å². The highest BCUT2D eigenvalue weighted by atomic mass is 35.5. The Morgan fingerprint density at radius 3 is 2.60 bits per heavy atom. The number of carboxylic acid groups (broad SMARTS) is 1. The Bertz CT molecular complexity index is 1240. The highest BCUT2D eigenvalue weighted by Crippen LogP contribution is 2.40. The van der Waals surface area contributed by atoms with E-state index in [4.69, 9.17) is 22.4 Å². The van der Waals surface area contributed by atoms with Crippen molar-refractivity contribution in [2.45, 2.75) is 19.3 Å². The number of aromatic amines is 1. The number of phenolic OH excluding ortho intramolecular Hbond substituents is 1. The van der Waals surface area contributed by atoms with Gasteiger partial charge in [-0.1, -0.05) is 41.9 Å². The van der Waals surface area contributed by atoms with Gasteiger partial charge in [-0.3, -0.25) is 4.79 Å². The first kappa shape index (κ1) is 19.8. The summed E-state index contributed by atoms with van der Waals surface area (Å²) in [4.78, 5) is 18.8. The summed E-state index contributed by atoms with van der Waals surface area (Å²) < 4.78 is 0. The summed E-state index contributed by atoms with van der Waals surface area (Å²) in [6, 6.07) is 16.8. The van der Waals surface area contributed by atoms with Crippen LogP contribution in [0.3, 0.4) is 0 Å². The van der Waals surface area contributed by atoms with Gasteiger partial charge in [-0.15, -0.1) is 0 Å². The van der Waals surface area contributed by atoms with E-state index in [9.17, 15) is 9.90 Å². The zero-order chi connectivity index (χ0) is 21.3. The van der Waals surface area contributed by atoms with Gasteiger partial charge in [0.2, 0.25) is 0 Å². The van der Waals surface area contributed by atoms with Crippen molar-refractivity contribution >= 4 is 34.4 Å². The standard InChI is InChI=1S/C23H20ClN3O3/c24-17-12-14(6-9-20(28)29)11-16(23(17)30)21-15(10-13-4-2-1-3-5-13)22-18(26-21)7-8-19(25)27-22/h1-5,7-8,11-12,26,30H,6,9-10H2,(H2,25,27)(H,28,29). The first-order chi connectivity index (χ1) is 14.4. The number of nitrogen functional groups attached to an aromatic ring is 1. The first-order valence-electron chi connectivity index (χ1n) is 9.47. The molecule has 0 spiro atoms. The van der Waals surface area contributed by atoms with E-state index in [2.05, 4.69) is 9.97 Å². The molecule has 0 fully saturated rings. The van der Waals surface area contributed by atoms with Gasteiger partial charge in [0.25, 0.3) is 0 Å². The molecule has 0 unspecified atom stereocenters. The van der Waals surface area contributed by atoms with E-state index in [0.717, 1.165) is 27.7 Å². The monoisotopic (exact) mass is 421 g/mol. The zero-order valence-corrected chi connectivity index (χ0v) is 16.8. The number of halogens is 1. The highest BCUT2D eigenvalue weighted by Gasteiger charge is 2.20. The predicted molar refractivity (Wildman–Crippen MR) is 118 cm³/mol. The van der Waals surface area contributed by atoms with Crippen molar-refractivity contribution in [1.29, 1.82) is 0 Å². The number of aliphatic carboxylic acids is 1. The van der Waals surface area contributed by atoms with Crippen LogP contribution >= 0.6 is 11.6 Å². The fraction of sp³-hybridized carbons (Fsp3) is 0.130. The molecule has 5 N–H and O–H groups in total. The van der Waals surface area contributed by atoms with Gasteiger partial charge in [-0.05, 0) is 41.8 Å². The number of rotatable bonds is 6. The van der Waals surface area contributed by atoms with Crippen molar-refractivity contribution in [2.75, 3.05) is 5.73 Å².